The van der Waals surface area contributed by atoms with E-state index in [2.05, 4.69) is 5.32 Å². The molecule has 1 amide bonds. The van der Waals surface area contributed by atoms with Crippen molar-refractivity contribution >= 4 is 27.6 Å². The highest BCUT2D eigenvalue weighted by Gasteiger charge is 2.09. The van der Waals surface area contributed by atoms with Crippen LogP contribution in [0.4, 0.5) is 5.69 Å². The predicted octanol–water partition coefficient (Wildman–Crippen LogP) is 2.62. The molecule has 0 aliphatic carbocycles. The van der Waals surface area contributed by atoms with Crippen molar-refractivity contribution in [2.45, 2.75) is 37.0 Å². The molecule has 0 saturated carbocycles. The van der Waals surface area contributed by atoms with Crippen LogP contribution in [0.2, 0.25) is 0 Å². The maximum Gasteiger partial charge on any atom is 0.305 e. The van der Waals surface area contributed by atoms with Gasteiger partial charge in [0.1, 0.15) is 0 Å². The summed E-state index contributed by atoms with van der Waals surface area (Å²) in [6.07, 6.45) is 2.31. The van der Waals surface area contributed by atoms with Crippen molar-refractivity contribution in [3.05, 3.63) is 60.2 Å². The van der Waals surface area contributed by atoms with Crippen molar-refractivity contribution in [1.29, 1.82) is 0 Å². The number of ether oxygens (including phenoxy) is 1. The van der Waals surface area contributed by atoms with Gasteiger partial charge in [0.15, 0.2) is 0 Å². The summed E-state index contributed by atoms with van der Waals surface area (Å²) in [5.41, 5.74) is 1.66. The lowest BCUT2D eigenvalue weighted by molar-refractivity contribution is -0.143. The number of carbonyl (C=O) groups is 2. The number of anilines is 1. The summed E-state index contributed by atoms with van der Waals surface area (Å²) in [6.45, 7) is 0.357. The van der Waals surface area contributed by atoms with Gasteiger partial charge in [-0.2, -0.15) is 0 Å². The molecule has 0 atom stereocenters. The monoisotopic (exact) mass is 404 g/mol. The van der Waals surface area contributed by atoms with Crippen LogP contribution in [0.5, 0.6) is 0 Å². The fraction of sp³-hybridized carbons (Fsp3) is 0.300. The molecule has 0 spiro atoms. The SMILES string of the molecule is NS(=O)(=O)c1ccc(NC(=O)CCCC(=O)OCCCc2ccccc2)cc1. The number of primary sulfonamides is 1. The van der Waals surface area contributed by atoms with Crippen molar-refractivity contribution in [2.75, 3.05) is 11.9 Å². The van der Waals surface area contributed by atoms with Gasteiger partial charge in [0, 0.05) is 18.5 Å². The number of carbonyl (C=O) groups excluding carboxylic acids is 2. The van der Waals surface area contributed by atoms with Gasteiger partial charge in [-0.05, 0) is 49.1 Å². The molecular formula is C20H24N2O5S. The minimum absolute atomic E-state index is 0.0273. The number of esters is 1. The number of hydrogen-bond donors (Lipinski definition) is 2. The summed E-state index contributed by atoms with van der Waals surface area (Å²) in [6, 6.07) is 15.5. The molecule has 8 heteroatoms. The summed E-state index contributed by atoms with van der Waals surface area (Å²) in [5.74, 6) is -0.585. The first kappa shape index (κ1) is 21.6. The van der Waals surface area contributed by atoms with E-state index < -0.39 is 10.0 Å². The van der Waals surface area contributed by atoms with Crippen molar-refractivity contribution in [3.63, 3.8) is 0 Å². The standard InChI is InChI=1S/C20H24N2O5S/c21-28(25,26)18-13-11-17(12-14-18)22-19(23)9-4-10-20(24)27-15-5-8-16-6-2-1-3-7-16/h1-3,6-7,11-14H,4-5,8-10,15H2,(H,22,23)(H2,21,25,26). The molecule has 0 heterocycles. The van der Waals surface area contributed by atoms with E-state index in [9.17, 15) is 18.0 Å². The molecule has 0 aliphatic heterocycles. The Morgan fingerprint density at radius 1 is 0.929 bits per heavy atom. The number of nitrogens with one attached hydrogen (secondary N) is 1. The molecule has 0 radical (unpaired) electrons. The molecule has 28 heavy (non-hydrogen) atoms. The number of nitrogens with two attached hydrogens (primary N) is 1. The van der Waals surface area contributed by atoms with Crippen molar-refractivity contribution in [2.24, 2.45) is 5.14 Å². The van der Waals surface area contributed by atoms with E-state index in [-0.39, 0.29) is 29.6 Å². The number of sulfonamides is 1. The summed E-state index contributed by atoms with van der Waals surface area (Å²) in [7, 11) is -3.76. The van der Waals surface area contributed by atoms with Crippen LogP contribution in [0, 0.1) is 0 Å². The molecule has 0 unspecified atom stereocenters. The molecule has 7 nitrogen and oxygen atoms in total. The van der Waals surface area contributed by atoms with E-state index in [1.807, 2.05) is 30.3 Å². The maximum absolute atomic E-state index is 11.9. The van der Waals surface area contributed by atoms with Crippen molar-refractivity contribution in [3.8, 4) is 0 Å². The molecule has 150 valence electrons. The molecule has 0 fully saturated rings. The van der Waals surface area contributed by atoms with Gasteiger partial charge < -0.3 is 10.1 Å². The lowest BCUT2D eigenvalue weighted by Gasteiger charge is -2.07. The van der Waals surface area contributed by atoms with Crippen LogP contribution in [0.1, 0.15) is 31.2 Å². The van der Waals surface area contributed by atoms with E-state index in [0.717, 1.165) is 12.8 Å². The first-order valence-electron chi connectivity index (χ1n) is 8.97. The first-order valence-corrected chi connectivity index (χ1v) is 10.5. The molecule has 2 aromatic rings. The normalized spacial score (nSPS) is 11.0. The molecule has 0 aliphatic rings. The molecular weight excluding hydrogens is 380 g/mol. The topological polar surface area (TPSA) is 116 Å². The predicted molar refractivity (Wildman–Crippen MR) is 106 cm³/mol. The van der Waals surface area contributed by atoms with E-state index in [1.165, 1.54) is 29.8 Å². The third-order valence-electron chi connectivity index (χ3n) is 3.97. The second-order valence-electron chi connectivity index (χ2n) is 6.28. The zero-order chi connectivity index (χ0) is 20.4. The van der Waals surface area contributed by atoms with Gasteiger partial charge in [-0.3, -0.25) is 9.59 Å². The van der Waals surface area contributed by atoms with E-state index in [1.54, 1.807) is 0 Å². The molecule has 0 bridgehead atoms. The Labute approximate surface area is 164 Å². The second kappa shape index (κ2) is 10.6. The van der Waals surface area contributed by atoms with E-state index >= 15 is 0 Å². The van der Waals surface area contributed by atoms with Crippen LogP contribution in [0.25, 0.3) is 0 Å². The highest BCUT2D eigenvalue weighted by molar-refractivity contribution is 7.89. The van der Waals surface area contributed by atoms with Crippen molar-refractivity contribution in [1.82, 2.24) is 0 Å². The molecule has 2 aromatic carbocycles. The van der Waals surface area contributed by atoms with Gasteiger partial charge in [-0.1, -0.05) is 30.3 Å². The highest BCUT2D eigenvalue weighted by atomic mass is 32.2. The summed E-state index contributed by atoms with van der Waals surface area (Å²) < 4.78 is 27.5. The minimum atomic E-state index is -3.76. The molecule has 0 saturated heterocycles. The van der Waals surface area contributed by atoms with Crippen LogP contribution >= 0.6 is 0 Å². The second-order valence-corrected chi connectivity index (χ2v) is 7.84. The number of benzene rings is 2. The smallest absolute Gasteiger partial charge is 0.305 e. The molecule has 3 N–H and O–H groups in total. The van der Waals surface area contributed by atoms with Gasteiger partial charge >= 0.3 is 5.97 Å². The van der Waals surface area contributed by atoms with Gasteiger partial charge in [0.05, 0.1) is 11.5 Å². The molecule has 2 rings (SSSR count). The van der Waals surface area contributed by atoms with Gasteiger partial charge in [0.2, 0.25) is 15.9 Å². The zero-order valence-electron chi connectivity index (χ0n) is 15.5. The van der Waals surface area contributed by atoms with Crippen LogP contribution in [-0.2, 0) is 30.8 Å². The quantitative estimate of drug-likeness (QED) is 0.466. The number of amides is 1. The lowest BCUT2D eigenvalue weighted by atomic mass is 10.1. The van der Waals surface area contributed by atoms with Gasteiger partial charge in [0.25, 0.3) is 0 Å². The Morgan fingerprint density at radius 2 is 1.61 bits per heavy atom. The Bertz CT molecular complexity index is 881. The fourth-order valence-electron chi connectivity index (χ4n) is 2.52. The third-order valence-corrected chi connectivity index (χ3v) is 4.90. The van der Waals surface area contributed by atoms with E-state index in [0.29, 0.717) is 18.7 Å². The Hall–Kier alpha value is -2.71. The van der Waals surface area contributed by atoms with Crippen LogP contribution in [-0.4, -0.2) is 26.9 Å². The maximum atomic E-state index is 11.9. The van der Waals surface area contributed by atoms with Gasteiger partial charge in [-0.15, -0.1) is 0 Å². The Balaban J connectivity index is 1.60. The number of hydrogen-bond acceptors (Lipinski definition) is 5. The van der Waals surface area contributed by atoms with Crippen LogP contribution in [0.3, 0.4) is 0 Å². The zero-order valence-corrected chi connectivity index (χ0v) is 16.3. The lowest BCUT2D eigenvalue weighted by Crippen LogP contribution is -2.14. The number of rotatable bonds is 10. The highest BCUT2D eigenvalue weighted by Crippen LogP contribution is 2.13. The summed E-state index contributed by atoms with van der Waals surface area (Å²) in [5, 5.41) is 7.65. The first-order chi connectivity index (χ1) is 13.3. The number of aryl methyl sites for hydroxylation is 1. The van der Waals surface area contributed by atoms with E-state index in [4.69, 9.17) is 9.88 Å². The Morgan fingerprint density at radius 3 is 2.25 bits per heavy atom. The van der Waals surface area contributed by atoms with Crippen molar-refractivity contribution < 1.29 is 22.7 Å². The average molecular weight is 404 g/mol. The van der Waals surface area contributed by atoms with Crippen LogP contribution < -0.4 is 10.5 Å². The van der Waals surface area contributed by atoms with Crippen LogP contribution in [0.15, 0.2) is 59.5 Å². The largest absolute Gasteiger partial charge is 0.466 e. The fourth-order valence-corrected chi connectivity index (χ4v) is 3.04. The van der Waals surface area contributed by atoms with Gasteiger partial charge in [-0.25, -0.2) is 13.6 Å². The summed E-state index contributed by atoms with van der Waals surface area (Å²) >= 11 is 0. The average Bonchev–Trinajstić information content (AvgIpc) is 2.66. The third kappa shape index (κ3) is 7.89. The molecule has 0 aromatic heterocycles. The minimum Gasteiger partial charge on any atom is -0.466 e. The summed E-state index contributed by atoms with van der Waals surface area (Å²) in [4.78, 5) is 23.6. The Kier molecular flexibility index (Phi) is 8.16.